The highest BCUT2D eigenvalue weighted by Crippen LogP contribution is 2.24. The summed E-state index contributed by atoms with van der Waals surface area (Å²) in [6.07, 6.45) is 0.834. The lowest BCUT2D eigenvalue weighted by molar-refractivity contribution is -0.147. The second-order valence-electron chi connectivity index (χ2n) is 4.41. The average Bonchev–Trinajstić information content (AvgIpc) is 2.55. The average molecular weight is 235 g/mol. The zero-order valence-corrected chi connectivity index (χ0v) is 9.90. The van der Waals surface area contributed by atoms with Crippen molar-refractivity contribution < 1.29 is 14.6 Å². The number of rotatable bonds is 2. The molecule has 0 aliphatic carbocycles. The molecule has 0 radical (unpaired) electrons. The van der Waals surface area contributed by atoms with Crippen molar-refractivity contribution in [3.8, 4) is 0 Å². The van der Waals surface area contributed by atoms with E-state index in [-0.39, 0.29) is 6.61 Å². The number of benzene rings is 1. The molecule has 1 atom stereocenters. The summed E-state index contributed by atoms with van der Waals surface area (Å²) < 4.78 is 5.42. The second-order valence-corrected chi connectivity index (χ2v) is 4.41. The Kier molecular flexibility index (Phi) is 3.45. The highest BCUT2D eigenvalue weighted by atomic mass is 16.5. The molecule has 0 aromatic heterocycles. The van der Waals surface area contributed by atoms with Crippen molar-refractivity contribution in [2.24, 2.45) is 0 Å². The van der Waals surface area contributed by atoms with E-state index in [2.05, 4.69) is 5.32 Å². The van der Waals surface area contributed by atoms with Crippen molar-refractivity contribution >= 4 is 5.97 Å². The van der Waals surface area contributed by atoms with E-state index >= 15 is 0 Å². The van der Waals surface area contributed by atoms with E-state index < -0.39 is 11.5 Å². The third-order valence-corrected chi connectivity index (χ3v) is 3.09. The largest absolute Gasteiger partial charge is 0.480 e. The highest BCUT2D eigenvalue weighted by molar-refractivity contribution is 5.81. The van der Waals surface area contributed by atoms with E-state index in [1.54, 1.807) is 0 Å². The van der Waals surface area contributed by atoms with Gasteiger partial charge >= 0.3 is 5.97 Å². The van der Waals surface area contributed by atoms with Gasteiger partial charge in [-0.3, -0.25) is 5.32 Å². The molecule has 17 heavy (non-hydrogen) atoms. The number of ether oxygens (including phenoxy) is 1. The molecule has 92 valence electrons. The molecule has 1 saturated heterocycles. The van der Waals surface area contributed by atoms with Gasteiger partial charge in [-0.1, -0.05) is 29.8 Å². The first-order chi connectivity index (χ1) is 8.15. The topological polar surface area (TPSA) is 58.6 Å². The summed E-state index contributed by atoms with van der Waals surface area (Å²) in [7, 11) is 0. The normalized spacial score (nSPS) is 25.2. The van der Waals surface area contributed by atoms with E-state index in [0.29, 0.717) is 13.2 Å². The van der Waals surface area contributed by atoms with Crippen LogP contribution >= 0.6 is 0 Å². The van der Waals surface area contributed by atoms with Crippen molar-refractivity contribution in [2.75, 3.05) is 19.8 Å². The molecular formula is C13H17NO3. The van der Waals surface area contributed by atoms with Crippen LogP contribution in [0.15, 0.2) is 24.3 Å². The lowest BCUT2D eigenvalue weighted by atomic mass is 9.89. The summed E-state index contributed by atoms with van der Waals surface area (Å²) in [4.78, 5) is 11.6. The number of hydrogen-bond donors (Lipinski definition) is 2. The molecule has 0 amide bonds. The standard InChI is InChI=1S/C13H17NO3/c1-10-4-2-5-11(8-10)13(12(15)16)9-17-7-3-6-14-13/h2,4-5,8,14H,3,6-7,9H2,1H3,(H,15,16). The quantitative estimate of drug-likeness (QED) is 0.811. The van der Waals surface area contributed by atoms with Gasteiger partial charge in [-0.15, -0.1) is 0 Å². The van der Waals surface area contributed by atoms with E-state index in [9.17, 15) is 9.90 Å². The monoisotopic (exact) mass is 235 g/mol. The van der Waals surface area contributed by atoms with E-state index in [4.69, 9.17) is 4.74 Å². The van der Waals surface area contributed by atoms with Crippen LogP contribution < -0.4 is 5.32 Å². The fourth-order valence-electron chi connectivity index (χ4n) is 2.11. The first-order valence-electron chi connectivity index (χ1n) is 5.78. The molecule has 1 aromatic rings. The Balaban J connectivity index is 2.42. The molecule has 2 N–H and O–H groups in total. The Labute approximate surface area is 101 Å². The number of carboxylic acids is 1. The van der Waals surface area contributed by atoms with Crippen LogP contribution in [0.5, 0.6) is 0 Å². The summed E-state index contributed by atoms with van der Waals surface area (Å²) in [5.74, 6) is -0.884. The van der Waals surface area contributed by atoms with Crippen LogP contribution in [-0.4, -0.2) is 30.8 Å². The van der Waals surface area contributed by atoms with Crippen molar-refractivity contribution in [2.45, 2.75) is 18.9 Å². The summed E-state index contributed by atoms with van der Waals surface area (Å²) in [5.41, 5.74) is 0.698. The molecule has 0 spiro atoms. The maximum Gasteiger partial charge on any atom is 0.331 e. The molecule has 4 nitrogen and oxygen atoms in total. The number of hydrogen-bond acceptors (Lipinski definition) is 3. The Morgan fingerprint density at radius 3 is 3.06 bits per heavy atom. The van der Waals surface area contributed by atoms with E-state index in [0.717, 1.165) is 17.5 Å². The first-order valence-corrected chi connectivity index (χ1v) is 5.78. The van der Waals surface area contributed by atoms with Crippen LogP contribution in [0, 0.1) is 6.92 Å². The molecule has 4 heteroatoms. The molecular weight excluding hydrogens is 218 g/mol. The molecule has 2 rings (SSSR count). The van der Waals surface area contributed by atoms with E-state index in [1.165, 1.54) is 0 Å². The summed E-state index contributed by atoms with van der Waals surface area (Å²) in [5, 5.41) is 12.6. The van der Waals surface area contributed by atoms with Crippen LogP contribution in [0.2, 0.25) is 0 Å². The molecule has 0 bridgehead atoms. The molecule has 1 aliphatic rings. The third kappa shape index (κ3) is 2.33. The zero-order chi connectivity index (χ0) is 12.3. The SMILES string of the molecule is Cc1cccc(C2(C(=O)O)COCCCN2)c1. The summed E-state index contributed by atoms with van der Waals surface area (Å²) in [6.45, 7) is 3.39. The number of aliphatic carboxylic acids is 1. The smallest absolute Gasteiger partial charge is 0.331 e. The zero-order valence-electron chi connectivity index (χ0n) is 9.90. The van der Waals surface area contributed by atoms with Crippen LogP contribution in [0.4, 0.5) is 0 Å². The van der Waals surface area contributed by atoms with Crippen LogP contribution in [0.25, 0.3) is 0 Å². The number of nitrogens with one attached hydrogen (secondary N) is 1. The van der Waals surface area contributed by atoms with Gasteiger partial charge in [0.25, 0.3) is 0 Å². The van der Waals surface area contributed by atoms with Crippen molar-refractivity contribution in [1.29, 1.82) is 0 Å². The minimum absolute atomic E-state index is 0.172. The summed E-state index contributed by atoms with van der Waals surface area (Å²) in [6, 6.07) is 7.57. The van der Waals surface area contributed by atoms with Crippen molar-refractivity contribution in [1.82, 2.24) is 5.32 Å². The minimum Gasteiger partial charge on any atom is -0.480 e. The molecule has 1 aliphatic heterocycles. The number of carboxylic acid groups (broad SMARTS) is 1. The first kappa shape index (κ1) is 12.1. The van der Waals surface area contributed by atoms with Gasteiger partial charge in [0, 0.05) is 6.61 Å². The predicted molar refractivity (Wildman–Crippen MR) is 63.9 cm³/mol. The Hall–Kier alpha value is -1.39. The fraction of sp³-hybridized carbons (Fsp3) is 0.462. The molecule has 0 saturated carbocycles. The number of carbonyl (C=O) groups is 1. The molecule has 1 unspecified atom stereocenters. The Morgan fingerprint density at radius 1 is 1.53 bits per heavy atom. The van der Waals surface area contributed by atoms with Gasteiger partial charge in [-0.2, -0.15) is 0 Å². The molecule has 1 aromatic carbocycles. The van der Waals surface area contributed by atoms with E-state index in [1.807, 2.05) is 31.2 Å². The van der Waals surface area contributed by atoms with Gasteiger partial charge in [0.15, 0.2) is 5.54 Å². The van der Waals surface area contributed by atoms with Gasteiger partial charge in [0.1, 0.15) is 0 Å². The predicted octanol–water partition coefficient (Wildman–Crippen LogP) is 1.28. The van der Waals surface area contributed by atoms with Crippen LogP contribution in [0.3, 0.4) is 0 Å². The van der Waals surface area contributed by atoms with Gasteiger partial charge in [-0.05, 0) is 25.5 Å². The summed E-state index contributed by atoms with van der Waals surface area (Å²) >= 11 is 0. The van der Waals surface area contributed by atoms with Gasteiger partial charge in [-0.25, -0.2) is 4.79 Å². The maximum absolute atomic E-state index is 11.6. The number of aryl methyl sites for hydroxylation is 1. The molecule has 1 fully saturated rings. The second kappa shape index (κ2) is 4.85. The maximum atomic E-state index is 11.6. The van der Waals surface area contributed by atoms with Gasteiger partial charge in [0.05, 0.1) is 6.61 Å². The lowest BCUT2D eigenvalue weighted by Crippen LogP contribution is -2.51. The highest BCUT2D eigenvalue weighted by Gasteiger charge is 2.41. The fourth-order valence-corrected chi connectivity index (χ4v) is 2.11. The van der Waals surface area contributed by atoms with Crippen LogP contribution in [-0.2, 0) is 15.1 Å². The minimum atomic E-state index is -1.11. The lowest BCUT2D eigenvalue weighted by Gasteiger charge is -2.29. The Bertz CT molecular complexity index is 409. The van der Waals surface area contributed by atoms with Gasteiger partial charge in [0.2, 0.25) is 0 Å². The Morgan fingerprint density at radius 2 is 2.35 bits per heavy atom. The van der Waals surface area contributed by atoms with Crippen LogP contribution in [0.1, 0.15) is 17.5 Å². The van der Waals surface area contributed by atoms with Crippen molar-refractivity contribution in [3.05, 3.63) is 35.4 Å². The molecule has 1 heterocycles. The van der Waals surface area contributed by atoms with Gasteiger partial charge < -0.3 is 9.84 Å². The third-order valence-electron chi connectivity index (χ3n) is 3.09. The van der Waals surface area contributed by atoms with Crippen molar-refractivity contribution in [3.63, 3.8) is 0 Å².